The fraction of sp³-hybridized carbons (Fsp3) is 0.375. The largest absolute Gasteiger partial charge is 0.479 e. The summed E-state index contributed by atoms with van der Waals surface area (Å²) < 4.78 is 59.1. The average Bonchev–Trinajstić information content (AvgIpc) is 2.50. The normalized spacial score (nSPS) is 15.2. The smallest absolute Gasteiger partial charge is 0.416 e. The zero-order valence-electron chi connectivity index (χ0n) is 13.0. The van der Waals surface area contributed by atoms with Crippen molar-refractivity contribution in [3.8, 4) is 0 Å². The Kier molecular flexibility index (Phi) is 5.75. The zero-order chi connectivity index (χ0) is 18.7. The van der Waals surface area contributed by atoms with Crippen molar-refractivity contribution >= 4 is 11.9 Å². The monoisotopic (exact) mass is 348 g/mol. The van der Waals surface area contributed by atoms with Crippen molar-refractivity contribution < 1.29 is 37.0 Å². The van der Waals surface area contributed by atoms with Crippen molar-refractivity contribution in [2.45, 2.75) is 38.2 Å². The Bertz CT molecular complexity index is 654. The molecule has 0 aliphatic heterocycles. The van der Waals surface area contributed by atoms with Gasteiger partial charge in [0.15, 0.2) is 5.60 Å². The highest BCUT2D eigenvalue weighted by atomic mass is 19.4. The number of carbonyl (C=O) groups excluding carboxylic acids is 1. The van der Waals surface area contributed by atoms with E-state index in [0.717, 1.165) is 12.1 Å². The Morgan fingerprint density at radius 3 is 2.12 bits per heavy atom. The molecular formula is C16H16F4O4. The molecule has 0 amide bonds. The molecule has 4 nitrogen and oxygen atoms in total. The molecule has 0 aliphatic carbocycles. The first-order valence-electron chi connectivity index (χ1n) is 6.89. The summed E-state index contributed by atoms with van der Waals surface area (Å²) in [6.07, 6.45) is -8.30. The van der Waals surface area contributed by atoms with Crippen LogP contribution in [-0.2, 0) is 26.1 Å². The Balaban J connectivity index is 3.68. The van der Waals surface area contributed by atoms with Gasteiger partial charge in [-0.25, -0.2) is 14.0 Å². The maximum atomic E-state index is 14.4. The predicted molar refractivity (Wildman–Crippen MR) is 76.9 cm³/mol. The van der Waals surface area contributed by atoms with Crippen LogP contribution < -0.4 is 0 Å². The van der Waals surface area contributed by atoms with Gasteiger partial charge in [0.25, 0.3) is 0 Å². The summed E-state index contributed by atoms with van der Waals surface area (Å²) in [6.45, 7) is 5.72. The molecular weight excluding hydrogens is 332 g/mol. The molecule has 0 spiro atoms. The van der Waals surface area contributed by atoms with E-state index in [4.69, 9.17) is 9.84 Å². The number of carbonyl (C=O) groups is 2. The number of halogens is 4. The number of ether oxygens (including phenoxy) is 1. The predicted octanol–water partition coefficient (Wildman–Crippen LogP) is 3.85. The van der Waals surface area contributed by atoms with Gasteiger partial charge in [-0.3, -0.25) is 0 Å². The fourth-order valence-electron chi connectivity index (χ4n) is 2.24. The molecule has 1 rings (SSSR count). The third-order valence-corrected chi connectivity index (χ3v) is 3.46. The van der Waals surface area contributed by atoms with E-state index in [1.54, 1.807) is 0 Å². The molecule has 24 heavy (non-hydrogen) atoms. The van der Waals surface area contributed by atoms with E-state index < -0.39 is 47.4 Å². The van der Waals surface area contributed by atoms with Crippen LogP contribution in [0.2, 0.25) is 0 Å². The highest BCUT2D eigenvalue weighted by Gasteiger charge is 2.51. The van der Waals surface area contributed by atoms with Gasteiger partial charge in [0.2, 0.25) is 6.17 Å². The fourth-order valence-corrected chi connectivity index (χ4v) is 2.24. The maximum absolute atomic E-state index is 14.4. The van der Waals surface area contributed by atoms with Gasteiger partial charge >= 0.3 is 18.1 Å². The van der Waals surface area contributed by atoms with Gasteiger partial charge in [-0.15, -0.1) is 0 Å². The minimum Gasteiger partial charge on any atom is -0.479 e. The number of hydrogen-bond acceptors (Lipinski definition) is 3. The number of rotatable bonds is 6. The molecule has 8 heteroatoms. The molecule has 0 bridgehead atoms. The van der Waals surface area contributed by atoms with E-state index in [2.05, 4.69) is 6.58 Å². The van der Waals surface area contributed by atoms with Gasteiger partial charge in [-0.1, -0.05) is 31.7 Å². The molecule has 0 saturated carbocycles. The summed E-state index contributed by atoms with van der Waals surface area (Å²) in [6, 6.07) is 3.82. The first-order valence-corrected chi connectivity index (χ1v) is 6.89. The Morgan fingerprint density at radius 2 is 1.75 bits per heavy atom. The van der Waals surface area contributed by atoms with E-state index in [9.17, 15) is 27.2 Å². The maximum Gasteiger partial charge on any atom is 0.416 e. The van der Waals surface area contributed by atoms with E-state index in [0.29, 0.717) is 6.07 Å². The van der Waals surface area contributed by atoms with Crippen molar-refractivity contribution in [1.82, 2.24) is 0 Å². The van der Waals surface area contributed by atoms with Crippen LogP contribution in [0, 0.1) is 0 Å². The number of hydrogen-bond donors (Lipinski definition) is 1. The highest BCUT2D eigenvalue weighted by Crippen LogP contribution is 2.43. The van der Waals surface area contributed by atoms with Crippen LogP contribution in [0.25, 0.3) is 0 Å². The second-order valence-electron chi connectivity index (χ2n) is 5.16. The van der Waals surface area contributed by atoms with Crippen LogP contribution in [0.4, 0.5) is 17.6 Å². The lowest BCUT2D eigenvalue weighted by Gasteiger charge is -2.35. The van der Waals surface area contributed by atoms with Crippen LogP contribution in [0.3, 0.4) is 0 Å². The Labute approximate surface area is 135 Å². The molecule has 0 aromatic heterocycles. The van der Waals surface area contributed by atoms with E-state index in [1.165, 1.54) is 19.9 Å². The molecule has 2 unspecified atom stereocenters. The van der Waals surface area contributed by atoms with Crippen molar-refractivity contribution in [3.05, 3.63) is 47.5 Å². The van der Waals surface area contributed by atoms with E-state index in [-0.39, 0.29) is 5.57 Å². The summed E-state index contributed by atoms with van der Waals surface area (Å²) in [5, 5.41) is 8.99. The van der Waals surface area contributed by atoms with Gasteiger partial charge < -0.3 is 9.84 Å². The summed E-state index contributed by atoms with van der Waals surface area (Å²) in [5.41, 5.74) is -4.86. The molecule has 0 saturated heterocycles. The van der Waals surface area contributed by atoms with Crippen molar-refractivity contribution in [2.75, 3.05) is 0 Å². The quantitative estimate of drug-likeness (QED) is 0.482. The summed E-state index contributed by atoms with van der Waals surface area (Å²) in [5.74, 6) is -3.22. The van der Waals surface area contributed by atoms with Gasteiger partial charge in [0.05, 0.1) is 5.56 Å². The second-order valence-corrected chi connectivity index (χ2v) is 5.16. The molecule has 132 valence electrons. The van der Waals surface area contributed by atoms with Gasteiger partial charge in [0, 0.05) is 11.1 Å². The first-order chi connectivity index (χ1) is 11.0. The molecule has 0 heterocycles. The van der Waals surface area contributed by atoms with E-state index in [1.807, 2.05) is 0 Å². The number of alkyl halides is 4. The molecule has 0 radical (unpaired) electrons. The third kappa shape index (κ3) is 3.74. The van der Waals surface area contributed by atoms with Crippen LogP contribution in [-0.4, -0.2) is 23.2 Å². The summed E-state index contributed by atoms with van der Waals surface area (Å²) in [7, 11) is 0. The van der Waals surface area contributed by atoms with Gasteiger partial charge in [-0.05, 0) is 19.4 Å². The second kappa shape index (κ2) is 7.02. The minimum absolute atomic E-state index is 0.199. The number of esters is 1. The van der Waals surface area contributed by atoms with Gasteiger partial charge in [0.1, 0.15) is 0 Å². The SMILES string of the molecule is C=C(C)C(=O)OC(CC)(c1ccccc1C(F)(F)F)C(F)C(=O)O. The molecule has 0 aliphatic rings. The minimum atomic E-state index is -4.88. The molecule has 2 atom stereocenters. The molecule has 1 aromatic carbocycles. The Hall–Kier alpha value is -2.38. The molecule has 0 fully saturated rings. The van der Waals surface area contributed by atoms with Crippen molar-refractivity contribution in [3.63, 3.8) is 0 Å². The standard InChI is InChI=1S/C16H16F4O4/c1-4-15(12(17)13(21)22,24-14(23)9(2)3)10-7-5-6-8-11(10)16(18,19)20/h5-8,12H,2,4H2,1,3H3,(H,21,22). The lowest BCUT2D eigenvalue weighted by atomic mass is 9.82. The van der Waals surface area contributed by atoms with Gasteiger partial charge in [-0.2, -0.15) is 13.2 Å². The number of carboxylic acids is 1. The van der Waals surface area contributed by atoms with Crippen LogP contribution in [0.15, 0.2) is 36.4 Å². The van der Waals surface area contributed by atoms with Crippen LogP contribution >= 0.6 is 0 Å². The highest BCUT2D eigenvalue weighted by molar-refractivity contribution is 5.88. The molecule has 1 aromatic rings. The average molecular weight is 348 g/mol. The lowest BCUT2D eigenvalue weighted by Crippen LogP contribution is -2.46. The van der Waals surface area contributed by atoms with Crippen LogP contribution in [0.5, 0.6) is 0 Å². The molecule has 1 N–H and O–H groups in total. The Morgan fingerprint density at radius 1 is 1.25 bits per heavy atom. The van der Waals surface area contributed by atoms with Crippen molar-refractivity contribution in [2.24, 2.45) is 0 Å². The van der Waals surface area contributed by atoms with E-state index >= 15 is 0 Å². The number of carboxylic acid groups (broad SMARTS) is 1. The lowest BCUT2D eigenvalue weighted by molar-refractivity contribution is -0.178. The van der Waals surface area contributed by atoms with Crippen molar-refractivity contribution in [1.29, 1.82) is 0 Å². The first kappa shape index (κ1) is 19.7. The number of benzene rings is 1. The number of aliphatic carboxylic acids is 1. The topological polar surface area (TPSA) is 63.6 Å². The summed E-state index contributed by atoms with van der Waals surface area (Å²) >= 11 is 0. The zero-order valence-corrected chi connectivity index (χ0v) is 13.0. The van der Waals surface area contributed by atoms with Crippen LogP contribution in [0.1, 0.15) is 31.4 Å². The third-order valence-electron chi connectivity index (χ3n) is 3.46. The summed E-state index contributed by atoms with van der Waals surface area (Å²) in [4.78, 5) is 22.9.